The highest BCUT2D eigenvalue weighted by atomic mass is 17.0. The van der Waals surface area contributed by atoms with E-state index in [0.29, 0.717) is 5.92 Å². The number of carbonyl (C=O) groups excluding carboxylic acids is 1. The van der Waals surface area contributed by atoms with Crippen molar-refractivity contribution in [1.29, 1.82) is 0 Å². The molecule has 2 N–H and O–H groups in total. The van der Waals surface area contributed by atoms with Crippen molar-refractivity contribution in [2.24, 2.45) is 5.92 Å². The van der Waals surface area contributed by atoms with Crippen LogP contribution in [0.25, 0.3) is 0 Å². The Morgan fingerprint density at radius 2 is 2.31 bits per heavy atom. The molecule has 1 aliphatic rings. The van der Waals surface area contributed by atoms with Crippen LogP contribution in [0.2, 0.25) is 0 Å². The molecule has 0 aromatic carbocycles. The van der Waals surface area contributed by atoms with Crippen LogP contribution in [0.3, 0.4) is 0 Å². The Morgan fingerprint density at radius 1 is 1.69 bits per heavy atom. The first-order valence-corrected chi connectivity index (χ1v) is 4.23. The molecule has 0 fully saturated rings. The van der Waals surface area contributed by atoms with Crippen molar-refractivity contribution >= 4 is 6.29 Å². The lowest BCUT2D eigenvalue weighted by molar-refractivity contribution is -0.176. The Hall–Kier alpha value is -0.930. The van der Waals surface area contributed by atoms with Crippen LogP contribution in [0.1, 0.15) is 26.2 Å². The number of aldehydes is 1. The van der Waals surface area contributed by atoms with Crippen LogP contribution >= 0.6 is 0 Å². The van der Waals surface area contributed by atoms with Crippen LogP contribution in [-0.4, -0.2) is 16.8 Å². The van der Waals surface area contributed by atoms with Crippen molar-refractivity contribution in [3.8, 4) is 0 Å². The molecule has 0 aliphatic heterocycles. The van der Waals surface area contributed by atoms with E-state index >= 15 is 0 Å². The van der Waals surface area contributed by atoms with E-state index in [-0.39, 0.29) is 0 Å². The largest absolute Gasteiger partial charge is 0.298 e. The molecule has 3 nitrogen and oxygen atoms in total. The zero-order valence-corrected chi connectivity index (χ0v) is 7.86. The predicted molar refractivity (Wildman–Crippen MR) is 51.6 cm³/mol. The van der Waals surface area contributed by atoms with Gasteiger partial charge < -0.3 is 0 Å². The molecule has 13 heavy (non-hydrogen) atoms. The summed E-state index contributed by atoms with van der Waals surface area (Å²) in [6.07, 6.45) is 6.04. The molecule has 0 saturated heterocycles. The van der Waals surface area contributed by atoms with Crippen molar-refractivity contribution in [2.45, 2.75) is 26.2 Å². The first-order valence-electron chi connectivity index (χ1n) is 4.23. The van der Waals surface area contributed by atoms with Crippen LogP contribution in [0.4, 0.5) is 0 Å². The third-order valence-electron chi connectivity index (χ3n) is 2.29. The van der Waals surface area contributed by atoms with Gasteiger partial charge in [0.25, 0.3) is 0 Å². The maximum absolute atomic E-state index is 10.3. The lowest BCUT2D eigenvalue weighted by atomic mass is 9.86. The van der Waals surface area contributed by atoms with E-state index in [9.17, 15) is 4.79 Å². The van der Waals surface area contributed by atoms with Gasteiger partial charge in [0.1, 0.15) is 6.29 Å². The van der Waals surface area contributed by atoms with Gasteiger partial charge in [-0.25, -0.2) is 0 Å². The molecule has 0 aromatic heterocycles. The van der Waals surface area contributed by atoms with Crippen molar-refractivity contribution < 1.29 is 15.3 Å². The minimum absolute atomic E-state index is 0.610. The summed E-state index contributed by atoms with van der Waals surface area (Å²) in [6.45, 7) is 5.97. The normalized spacial score (nSPS) is 20.8. The fourth-order valence-electron chi connectivity index (χ4n) is 1.41. The first kappa shape index (κ1) is 12.1. The fourth-order valence-corrected chi connectivity index (χ4v) is 1.41. The Balaban J connectivity index is 0.000000671. The summed E-state index contributed by atoms with van der Waals surface area (Å²) >= 11 is 0. The lowest BCUT2D eigenvalue weighted by Gasteiger charge is -2.19. The fraction of sp³-hybridized carbons (Fsp3) is 0.500. The van der Waals surface area contributed by atoms with Gasteiger partial charge in [0, 0.05) is 0 Å². The number of allylic oxidation sites excluding steroid dienone is 3. The van der Waals surface area contributed by atoms with Gasteiger partial charge in [-0.3, -0.25) is 15.3 Å². The van der Waals surface area contributed by atoms with E-state index in [4.69, 9.17) is 10.5 Å². The number of rotatable bonds is 2. The molecule has 74 valence electrons. The van der Waals surface area contributed by atoms with E-state index in [1.807, 2.05) is 6.08 Å². The van der Waals surface area contributed by atoms with Crippen molar-refractivity contribution in [1.82, 2.24) is 0 Å². The maximum Gasteiger partial charge on any atom is 0.145 e. The minimum atomic E-state index is 0.610. The second-order valence-corrected chi connectivity index (χ2v) is 3.21. The highest BCUT2D eigenvalue weighted by Crippen LogP contribution is 2.26. The molecule has 0 saturated carbocycles. The second kappa shape index (κ2) is 6.57. The van der Waals surface area contributed by atoms with Crippen LogP contribution in [0, 0.1) is 5.92 Å². The smallest absolute Gasteiger partial charge is 0.145 e. The van der Waals surface area contributed by atoms with Crippen LogP contribution < -0.4 is 0 Å². The molecule has 1 unspecified atom stereocenters. The highest BCUT2D eigenvalue weighted by Gasteiger charge is 2.13. The Kier molecular flexibility index (Phi) is 6.10. The van der Waals surface area contributed by atoms with Gasteiger partial charge in [0.15, 0.2) is 0 Å². The molecule has 3 heteroatoms. The van der Waals surface area contributed by atoms with Crippen LogP contribution in [-0.2, 0) is 4.79 Å². The number of hydrogen-bond acceptors (Lipinski definition) is 3. The van der Waals surface area contributed by atoms with E-state index in [0.717, 1.165) is 31.1 Å². The van der Waals surface area contributed by atoms with Crippen molar-refractivity contribution in [3.63, 3.8) is 0 Å². The van der Waals surface area contributed by atoms with E-state index in [1.165, 1.54) is 5.57 Å². The third kappa shape index (κ3) is 4.01. The first-order chi connectivity index (χ1) is 6.24. The second-order valence-electron chi connectivity index (χ2n) is 3.21. The zero-order chi connectivity index (χ0) is 10.3. The van der Waals surface area contributed by atoms with Crippen LogP contribution in [0.15, 0.2) is 23.8 Å². The maximum atomic E-state index is 10.3. The Morgan fingerprint density at radius 3 is 2.62 bits per heavy atom. The Labute approximate surface area is 78.3 Å². The predicted octanol–water partition coefficient (Wildman–Crippen LogP) is 2.51. The summed E-state index contributed by atoms with van der Waals surface area (Å²) < 4.78 is 0. The molecule has 0 heterocycles. The summed E-state index contributed by atoms with van der Waals surface area (Å²) in [4.78, 5) is 10.3. The SMILES string of the molecule is C=C(C)C1CC=C(C=O)CC1.OO. The van der Waals surface area contributed by atoms with Gasteiger partial charge in [0.2, 0.25) is 0 Å². The third-order valence-corrected chi connectivity index (χ3v) is 2.29. The van der Waals surface area contributed by atoms with Crippen molar-refractivity contribution in [3.05, 3.63) is 23.8 Å². The average molecular weight is 184 g/mol. The molecule has 1 rings (SSSR count). The quantitative estimate of drug-likeness (QED) is 0.300. The standard InChI is InChI=1S/C10H14O.H2O2/c1-8(2)10-5-3-9(7-11)4-6-10;1-2/h3,7,10H,1,4-6H2,2H3;1-2H. The van der Waals surface area contributed by atoms with E-state index in [2.05, 4.69) is 13.5 Å². The minimum Gasteiger partial charge on any atom is -0.298 e. The monoisotopic (exact) mass is 184 g/mol. The molecule has 1 aliphatic carbocycles. The molecule has 1 atom stereocenters. The molecular formula is C10H16O3. The molecule has 0 radical (unpaired) electrons. The van der Waals surface area contributed by atoms with Gasteiger partial charge >= 0.3 is 0 Å². The van der Waals surface area contributed by atoms with Gasteiger partial charge in [-0.05, 0) is 37.7 Å². The highest BCUT2D eigenvalue weighted by molar-refractivity contribution is 5.73. The summed E-state index contributed by atoms with van der Waals surface area (Å²) in [7, 11) is 0. The topological polar surface area (TPSA) is 57.5 Å². The molecule has 0 spiro atoms. The van der Waals surface area contributed by atoms with Gasteiger partial charge in [-0.2, -0.15) is 0 Å². The molecule has 0 bridgehead atoms. The molecule has 0 amide bonds. The summed E-state index contributed by atoms with van der Waals surface area (Å²) in [5.41, 5.74) is 2.20. The summed E-state index contributed by atoms with van der Waals surface area (Å²) in [5, 5.41) is 12.0. The molecule has 0 aromatic rings. The van der Waals surface area contributed by atoms with E-state index < -0.39 is 0 Å². The number of carbonyl (C=O) groups is 1. The van der Waals surface area contributed by atoms with E-state index in [1.54, 1.807) is 0 Å². The zero-order valence-electron chi connectivity index (χ0n) is 7.86. The summed E-state index contributed by atoms with van der Waals surface area (Å²) in [5.74, 6) is 0.610. The lowest BCUT2D eigenvalue weighted by Crippen LogP contribution is -2.06. The van der Waals surface area contributed by atoms with Gasteiger partial charge in [-0.1, -0.05) is 18.2 Å². The Bertz CT molecular complexity index is 206. The molecular weight excluding hydrogens is 168 g/mol. The summed E-state index contributed by atoms with van der Waals surface area (Å²) in [6, 6.07) is 0. The number of hydrogen-bond donors (Lipinski definition) is 2. The average Bonchev–Trinajstić information content (AvgIpc) is 2.21. The van der Waals surface area contributed by atoms with Gasteiger partial charge in [-0.15, -0.1) is 0 Å². The van der Waals surface area contributed by atoms with Gasteiger partial charge in [0.05, 0.1) is 0 Å². The van der Waals surface area contributed by atoms with Crippen molar-refractivity contribution in [2.75, 3.05) is 0 Å². The van der Waals surface area contributed by atoms with Crippen LogP contribution in [0.5, 0.6) is 0 Å².